The summed E-state index contributed by atoms with van der Waals surface area (Å²) in [5.74, 6) is 2.69. The highest BCUT2D eigenvalue weighted by atomic mass is 16.7. The highest BCUT2D eigenvalue weighted by molar-refractivity contribution is 5.42. The van der Waals surface area contributed by atoms with Gasteiger partial charge in [0.25, 0.3) is 0 Å². The van der Waals surface area contributed by atoms with E-state index in [1.54, 1.807) is 27.7 Å². The standard InChI is InChI=1S/C39H76N8O5/c1-34(2)23-29(24-35(3,4)46(34)51-27-38(9,10)49)17-13-15-19-40-31-43-32(45-33(44-31)42-21-22-48)41-20-16-14-18-30-25-36(5,6)47(37(7,8)26-30)52-28-39(11,12)50/h29-30,48-50H,13-28H2,1-12H3,(H3,40,41,42,43,44,45). The molecule has 0 aromatic carbocycles. The molecule has 0 radical (unpaired) electrons. The van der Waals surface area contributed by atoms with Crippen molar-refractivity contribution in [1.29, 1.82) is 0 Å². The van der Waals surface area contributed by atoms with Crippen molar-refractivity contribution in [3.63, 3.8) is 0 Å². The van der Waals surface area contributed by atoms with E-state index in [0.717, 1.165) is 77.3 Å². The Balaban J connectivity index is 1.45. The Hall–Kier alpha value is -1.87. The molecule has 3 rings (SSSR count). The molecule has 0 saturated carbocycles. The molecule has 0 bridgehead atoms. The zero-order valence-electron chi connectivity index (χ0n) is 34.9. The number of aliphatic hydroxyl groups excluding tert-OH is 1. The Bertz CT molecular complexity index is 1110. The van der Waals surface area contributed by atoms with Crippen LogP contribution in [0.3, 0.4) is 0 Å². The highest BCUT2D eigenvalue weighted by Gasteiger charge is 2.48. The minimum Gasteiger partial charge on any atom is -0.395 e. The minimum absolute atomic E-state index is 0.00657. The van der Waals surface area contributed by atoms with E-state index in [0.29, 0.717) is 36.2 Å². The van der Waals surface area contributed by atoms with Crippen molar-refractivity contribution < 1.29 is 25.0 Å². The van der Waals surface area contributed by atoms with Crippen LogP contribution in [0.4, 0.5) is 17.8 Å². The first kappa shape index (κ1) is 44.5. The third-order valence-corrected chi connectivity index (χ3v) is 10.1. The number of anilines is 3. The van der Waals surface area contributed by atoms with Crippen LogP contribution in [-0.2, 0) is 9.68 Å². The fourth-order valence-corrected chi connectivity index (χ4v) is 8.79. The van der Waals surface area contributed by atoms with Gasteiger partial charge in [-0.1, -0.05) is 25.7 Å². The van der Waals surface area contributed by atoms with Gasteiger partial charge in [0.15, 0.2) is 0 Å². The number of nitrogens with one attached hydrogen (secondary N) is 3. The molecule has 3 heterocycles. The topological polar surface area (TPSA) is 160 Å². The lowest BCUT2D eigenvalue weighted by Gasteiger charge is -2.54. The first-order valence-electron chi connectivity index (χ1n) is 19.8. The predicted octanol–water partition coefficient (Wildman–Crippen LogP) is 6.38. The molecule has 0 unspecified atom stereocenters. The summed E-state index contributed by atoms with van der Waals surface area (Å²) in [6, 6.07) is 0. The molecule has 6 N–H and O–H groups in total. The number of unbranched alkanes of at least 4 members (excludes halogenated alkanes) is 2. The SMILES string of the molecule is CC(C)(O)CON1C(C)(C)CC(CCCCNc2nc(NCCO)nc(NCCCCC3CC(C)(C)N(OCC(C)(C)O)C(C)(C)C3)n2)CC1(C)C. The molecule has 1 aromatic heterocycles. The van der Waals surface area contributed by atoms with Crippen molar-refractivity contribution in [2.45, 2.75) is 181 Å². The second-order valence-corrected chi connectivity index (χ2v) is 19.4. The second kappa shape index (κ2) is 18.2. The summed E-state index contributed by atoms with van der Waals surface area (Å²) in [5, 5.41) is 43.9. The van der Waals surface area contributed by atoms with Crippen molar-refractivity contribution in [2.24, 2.45) is 11.8 Å². The average molecular weight is 737 g/mol. The fourth-order valence-electron chi connectivity index (χ4n) is 8.79. The lowest BCUT2D eigenvalue weighted by atomic mass is 9.73. The largest absolute Gasteiger partial charge is 0.395 e. The molecule has 0 spiro atoms. The van der Waals surface area contributed by atoms with Crippen LogP contribution in [0.15, 0.2) is 0 Å². The van der Waals surface area contributed by atoms with Gasteiger partial charge >= 0.3 is 0 Å². The van der Waals surface area contributed by atoms with Crippen LogP contribution < -0.4 is 16.0 Å². The lowest BCUT2D eigenvalue weighted by Crippen LogP contribution is -2.61. The smallest absolute Gasteiger partial charge is 0.229 e. The van der Waals surface area contributed by atoms with E-state index < -0.39 is 11.2 Å². The van der Waals surface area contributed by atoms with E-state index in [9.17, 15) is 15.3 Å². The molecule has 2 aliphatic rings. The Morgan fingerprint density at radius 3 is 1.17 bits per heavy atom. The Morgan fingerprint density at radius 2 is 0.885 bits per heavy atom. The number of hydrogen-bond acceptors (Lipinski definition) is 13. The van der Waals surface area contributed by atoms with Gasteiger partial charge in [0.2, 0.25) is 17.8 Å². The third kappa shape index (κ3) is 14.4. The van der Waals surface area contributed by atoms with Crippen LogP contribution in [0.5, 0.6) is 0 Å². The minimum atomic E-state index is -0.869. The number of hydrogen-bond donors (Lipinski definition) is 6. The maximum absolute atomic E-state index is 10.2. The van der Waals surface area contributed by atoms with Crippen LogP contribution in [-0.4, -0.2) is 113 Å². The molecule has 13 nitrogen and oxygen atoms in total. The van der Waals surface area contributed by atoms with Gasteiger partial charge in [0.1, 0.15) is 0 Å². The van der Waals surface area contributed by atoms with E-state index in [1.165, 1.54) is 0 Å². The maximum atomic E-state index is 10.2. The first-order valence-corrected chi connectivity index (χ1v) is 19.8. The normalized spacial score (nSPS) is 21.3. The van der Waals surface area contributed by atoms with Gasteiger partial charge in [0, 0.05) is 41.8 Å². The Labute approximate surface area is 315 Å². The van der Waals surface area contributed by atoms with Gasteiger partial charge in [-0.15, -0.1) is 0 Å². The fraction of sp³-hybridized carbons (Fsp3) is 0.923. The molecule has 302 valence electrons. The number of piperidine rings is 2. The Morgan fingerprint density at radius 1 is 0.577 bits per heavy atom. The number of nitrogens with zero attached hydrogens (tertiary/aromatic N) is 5. The number of aliphatic hydroxyl groups is 3. The number of aromatic nitrogens is 3. The summed E-state index contributed by atoms with van der Waals surface area (Å²) >= 11 is 0. The molecular formula is C39H76N8O5. The molecule has 2 saturated heterocycles. The maximum Gasteiger partial charge on any atom is 0.229 e. The second-order valence-electron chi connectivity index (χ2n) is 19.4. The molecule has 52 heavy (non-hydrogen) atoms. The summed E-state index contributed by atoms with van der Waals surface area (Å²) in [6.45, 7) is 27.5. The van der Waals surface area contributed by atoms with E-state index in [2.05, 4.69) is 96.4 Å². The van der Waals surface area contributed by atoms with Gasteiger partial charge in [-0.3, -0.25) is 9.68 Å². The van der Waals surface area contributed by atoms with Crippen molar-refractivity contribution in [3.05, 3.63) is 0 Å². The predicted molar refractivity (Wildman–Crippen MR) is 210 cm³/mol. The molecule has 1 aromatic rings. The summed E-state index contributed by atoms with van der Waals surface area (Å²) in [7, 11) is 0. The lowest BCUT2D eigenvalue weighted by molar-refractivity contribution is -0.302. The van der Waals surface area contributed by atoms with Gasteiger partial charge in [0.05, 0.1) is 31.0 Å². The number of rotatable bonds is 21. The third-order valence-electron chi connectivity index (χ3n) is 10.1. The molecule has 0 aliphatic carbocycles. The van der Waals surface area contributed by atoms with E-state index in [4.69, 9.17) is 9.68 Å². The van der Waals surface area contributed by atoms with Gasteiger partial charge in [-0.2, -0.15) is 25.1 Å². The van der Waals surface area contributed by atoms with Gasteiger partial charge < -0.3 is 31.3 Å². The van der Waals surface area contributed by atoms with E-state index in [1.807, 2.05) is 0 Å². The number of hydroxylamine groups is 4. The van der Waals surface area contributed by atoms with E-state index in [-0.39, 0.29) is 42.0 Å². The first-order chi connectivity index (χ1) is 23.9. The monoisotopic (exact) mass is 737 g/mol. The van der Waals surface area contributed by atoms with Crippen LogP contribution >= 0.6 is 0 Å². The molecule has 0 atom stereocenters. The zero-order valence-corrected chi connectivity index (χ0v) is 34.9. The molecule has 2 fully saturated rings. The van der Waals surface area contributed by atoms with E-state index >= 15 is 0 Å². The highest BCUT2D eigenvalue weighted by Crippen LogP contribution is 2.44. The summed E-state index contributed by atoms with van der Waals surface area (Å²) in [6.07, 6.45) is 10.7. The quantitative estimate of drug-likeness (QED) is 0.0773. The molecule has 13 heteroatoms. The molecule has 2 aliphatic heterocycles. The van der Waals surface area contributed by atoms with Crippen molar-refractivity contribution in [2.75, 3.05) is 55.4 Å². The summed E-state index contributed by atoms with van der Waals surface area (Å²) in [4.78, 5) is 26.1. The zero-order chi connectivity index (χ0) is 39.0. The summed E-state index contributed by atoms with van der Waals surface area (Å²) in [5.41, 5.74) is -2.23. The molecular weight excluding hydrogens is 660 g/mol. The van der Waals surface area contributed by atoms with Crippen LogP contribution in [0.2, 0.25) is 0 Å². The summed E-state index contributed by atoms with van der Waals surface area (Å²) < 4.78 is 0. The average Bonchev–Trinajstić information content (AvgIpc) is 2.96. The van der Waals surface area contributed by atoms with Gasteiger partial charge in [-0.05, 0) is 133 Å². The van der Waals surface area contributed by atoms with Crippen molar-refractivity contribution in [3.8, 4) is 0 Å². The van der Waals surface area contributed by atoms with Crippen LogP contribution in [0, 0.1) is 11.8 Å². The van der Waals surface area contributed by atoms with Crippen molar-refractivity contribution >= 4 is 17.8 Å². The Kier molecular flexibility index (Phi) is 15.6. The van der Waals surface area contributed by atoms with Crippen LogP contribution in [0.25, 0.3) is 0 Å². The van der Waals surface area contributed by atoms with Crippen molar-refractivity contribution in [1.82, 2.24) is 25.1 Å². The molecule has 0 amide bonds. The van der Waals surface area contributed by atoms with Crippen LogP contribution in [0.1, 0.15) is 147 Å². The van der Waals surface area contributed by atoms with Gasteiger partial charge in [-0.25, -0.2) is 0 Å².